The number of halogens is 1. The van der Waals surface area contributed by atoms with Crippen molar-refractivity contribution in [1.29, 1.82) is 0 Å². The SMILES string of the molecule is CCCNC(=O)[C@H](CC)N(Cc1ccccc1Cl)C(=O)COc1ccc(C(C)(C)C)cc1. The highest BCUT2D eigenvalue weighted by Gasteiger charge is 2.29. The van der Waals surface area contributed by atoms with E-state index in [1.54, 1.807) is 11.0 Å². The molecule has 5 nitrogen and oxygen atoms in total. The first-order chi connectivity index (χ1) is 15.2. The van der Waals surface area contributed by atoms with Crippen molar-refractivity contribution in [1.82, 2.24) is 10.2 Å². The Morgan fingerprint density at radius 1 is 1.06 bits per heavy atom. The molecule has 174 valence electrons. The first-order valence-electron chi connectivity index (χ1n) is 11.2. The zero-order valence-corrected chi connectivity index (χ0v) is 20.5. The van der Waals surface area contributed by atoms with Gasteiger partial charge in [0.05, 0.1) is 0 Å². The maximum absolute atomic E-state index is 13.2. The molecule has 0 aliphatic carbocycles. The van der Waals surface area contributed by atoms with Crippen LogP contribution in [-0.4, -0.2) is 35.9 Å². The van der Waals surface area contributed by atoms with Gasteiger partial charge in [0.2, 0.25) is 5.91 Å². The second kappa shape index (κ2) is 11.9. The summed E-state index contributed by atoms with van der Waals surface area (Å²) in [7, 11) is 0. The fourth-order valence-corrected chi connectivity index (χ4v) is 3.57. The monoisotopic (exact) mass is 458 g/mol. The Kier molecular flexibility index (Phi) is 9.58. The Hall–Kier alpha value is -2.53. The van der Waals surface area contributed by atoms with Gasteiger partial charge in [-0.1, -0.05) is 76.6 Å². The lowest BCUT2D eigenvalue weighted by Gasteiger charge is -2.31. The molecular formula is C26H35ClN2O3. The van der Waals surface area contributed by atoms with E-state index in [1.807, 2.05) is 56.3 Å². The van der Waals surface area contributed by atoms with E-state index >= 15 is 0 Å². The van der Waals surface area contributed by atoms with E-state index in [2.05, 4.69) is 26.1 Å². The Morgan fingerprint density at radius 3 is 2.28 bits per heavy atom. The van der Waals surface area contributed by atoms with Crippen LogP contribution in [0.25, 0.3) is 0 Å². The number of ether oxygens (including phenoxy) is 1. The number of nitrogens with zero attached hydrogens (tertiary/aromatic N) is 1. The minimum Gasteiger partial charge on any atom is -0.484 e. The van der Waals surface area contributed by atoms with Crippen molar-refractivity contribution in [2.24, 2.45) is 0 Å². The van der Waals surface area contributed by atoms with E-state index in [4.69, 9.17) is 16.3 Å². The second-order valence-corrected chi connectivity index (χ2v) is 9.30. The zero-order chi connectivity index (χ0) is 23.7. The fourth-order valence-electron chi connectivity index (χ4n) is 3.37. The van der Waals surface area contributed by atoms with Gasteiger partial charge >= 0.3 is 0 Å². The predicted molar refractivity (Wildman–Crippen MR) is 130 cm³/mol. The van der Waals surface area contributed by atoms with Crippen molar-refractivity contribution < 1.29 is 14.3 Å². The van der Waals surface area contributed by atoms with Gasteiger partial charge in [-0.25, -0.2) is 0 Å². The van der Waals surface area contributed by atoms with Gasteiger partial charge in [-0.2, -0.15) is 0 Å². The van der Waals surface area contributed by atoms with Crippen LogP contribution in [0.3, 0.4) is 0 Å². The Labute approximate surface area is 197 Å². The third kappa shape index (κ3) is 7.27. The third-order valence-electron chi connectivity index (χ3n) is 5.32. The molecule has 0 fully saturated rings. The van der Waals surface area contributed by atoms with Gasteiger partial charge in [-0.05, 0) is 47.6 Å². The van der Waals surface area contributed by atoms with Crippen molar-refractivity contribution in [3.05, 3.63) is 64.7 Å². The van der Waals surface area contributed by atoms with Gasteiger partial charge in [0.1, 0.15) is 11.8 Å². The van der Waals surface area contributed by atoms with Crippen LogP contribution in [0.2, 0.25) is 5.02 Å². The summed E-state index contributed by atoms with van der Waals surface area (Å²) in [5.74, 6) is 0.195. The Balaban J connectivity index is 2.18. The molecule has 0 unspecified atom stereocenters. The lowest BCUT2D eigenvalue weighted by molar-refractivity contribution is -0.143. The Bertz CT molecular complexity index is 891. The molecule has 2 amide bonds. The quantitative estimate of drug-likeness (QED) is 0.522. The highest BCUT2D eigenvalue weighted by Crippen LogP contribution is 2.24. The minimum atomic E-state index is -0.600. The number of amides is 2. The first kappa shape index (κ1) is 25.7. The van der Waals surface area contributed by atoms with E-state index in [0.717, 1.165) is 12.0 Å². The van der Waals surface area contributed by atoms with E-state index in [1.165, 1.54) is 5.56 Å². The van der Waals surface area contributed by atoms with Crippen molar-refractivity contribution in [3.8, 4) is 5.75 Å². The molecule has 1 N–H and O–H groups in total. The molecule has 1 atom stereocenters. The third-order valence-corrected chi connectivity index (χ3v) is 5.69. The number of hydrogen-bond donors (Lipinski definition) is 1. The standard InChI is InChI=1S/C26H35ClN2O3/c1-6-16-28-25(31)23(7-2)29(17-19-10-8-9-11-22(19)27)24(30)18-32-21-14-12-20(13-15-21)26(3,4)5/h8-15,23H,6-7,16-18H2,1-5H3,(H,28,31)/t23-/m0/s1. The van der Waals surface area contributed by atoms with Crippen molar-refractivity contribution in [2.75, 3.05) is 13.2 Å². The molecule has 0 aromatic heterocycles. The summed E-state index contributed by atoms with van der Waals surface area (Å²) in [6.07, 6.45) is 1.32. The summed E-state index contributed by atoms with van der Waals surface area (Å²) >= 11 is 6.34. The molecule has 2 aromatic rings. The van der Waals surface area contributed by atoms with Crippen LogP contribution in [0.5, 0.6) is 5.75 Å². The Morgan fingerprint density at radius 2 is 1.72 bits per heavy atom. The number of nitrogens with one attached hydrogen (secondary N) is 1. The van der Waals surface area contributed by atoms with Crippen LogP contribution in [0.15, 0.2) is 48.5 Å². The number of hydrogen-bond acceptors (Lipinski definition) is 3. The van der Waals surface area contributed by atoms with E-state index < -0.39 is 6.04 Å². The summed E-state index contributed by atoms with van der Waals surface area (Å²) in [6, 6.07) is 14.5. The highest BCUT2D eigenvalue weighted by molar-refractivity contribution is 6.31. The smallest absolute Gasteiger partial charge is 0.261 e. The predicted octanol–water partition coefficient (Wildman–Crippen LogP) is 5.35. The summed E-state index contributed by atoms with van der Waals surface area (Å²) in [4.78, 5) is 27.6. The van der Waals surface area contributed by atoms with Crippen LogP contribution < -0.4 is 10.1 Å². The molecule has 2 aromatic carbocycles. The molecule has 0 aliphatic rings. The van der Waals surface area contributed by atoms with Crippen LogP contribution >= 0.6 is 11.6 Å². The largest absolute Gasteiger partial charge is 0.484 e. The van der Waals surface area contributed by atoms with Gasteiger partial charge in [-0.3, -0.25) is 9.59 Å². The van der Waals surface area contributed by atoms with Gasteiger partial charge in [0, 0.05) is 18.1 Å². The molecule has 0 aliphatic heterocycles. The fraction of sp³-hybridized carbons (Fsp3) is 0.462. The topological polar surface area (TPSA) is 58.6 Å². The van der Waals surface area contributed by atoms with Crippen LogP contribution in [0, 0.1) is 0 Å². The molecule has 32 heavy (non-hydrogen) atoms. The normalized spacial score (nSPS) is 12.2. The minimum absolute atomic E-state index is 0.0420. The molecule has 0 bridgehead atoms. The van der Waals surface area contributed by atoms with Crippen LogP contribution in [0.4, 0.5) is 0 Å². The maximum atomic E-state index is 13.2. The van der Waals surface area contributed by atoms with E-state index in [9.17, 15) is 9.59 Å². The number of carbonyl (C=O) groups is 2. The molecule has 6 heteroatoms. The molecule has 2 rings (SSSR count). The maximum Gasteiger partial charge on any atom is 0.261 e. The number of benzene rings is 2. The van der Waals surface area contributed by atoms with Crippen LogP contribution in [-0.2, 0) is 21.5 Å². The average molecular weight is 459 g/mol. The van der Waals surface area contributed by atoms with Gasteiger partial charge in [-0.15, -0.1) is 0 Å². The van der Waals surface area contributed by atoms with Crippen molar-refractivity contribution >= 4 is 23.4 Å². The summed E-state index contributed by atoms with van der Waals surface area (Å²) in [5, 5.41) is 3.47. The van der Waals surface area contributed by atoms with Crippen molar-refractivity contribution in [3.63, 3.8) is 0 Å². The molecule has 0 saturated carbocycles. The average Bonchev–Trinajstić information content (AvgIpc) is 2.76. The molecule has 0 heterocycles. The summed E-state index contributed by atoms with van der Waals surface area (Å²) in [5.41, 5.74) is 2.02. The van der Waals surface area contributed by atoms with E-state index in [-0.39, 0.29) is 30.4 Å². The summed E-state index contributed by atoms with van der Waals surface area (Å²) in [6.45, 7) is 11.0. The van der Waals surface area contributed by atoms with Gasteiger partial charge in [0.25, 0.3) is 5.91 Å². The lowest BCUT2D eigenvalue weighted by atomic mass is 9.87. The highest BCUT2D eigenvalue weighted by atomic mass is 35.5. The summed E-state index contributed by atoms with van der Waals surface area (Å²) < 4.78 is 5.78. The van der Waals surface area contributed by atoms with E-state index in [0.29, 0.717) is 23.7 Å². The first-order valence-corrected chi connectivity index (χ1v) is 11.6. The number of carbonyl (C=O) groups excluding carboxylic acids is 2. The van der Waals surface area contributed by atoms with Gasteiger partial charge < -0.3 is 15.0 Å². The molecule has 0 spiro atoms. The van der Waals surface area contributed by atoms with Crippen LogP contribution in [0.1, 0.15) is 58.6 Å². The number of rotatable bonds is 10. The second-order valence-electron chi connectivity index (χ2n) is 8.89. The zero-order valence-electron chi connectivity index (χ0n) is 19.8. The molecular weight excluding hydrogens is 424 g/mol. The van der Waals surface area contributed by atoms with Crippen molar-refractivity contribution in [2.45, 2.75) is 65.5 Å². The molecule has 0 radical (unpaired) electrons. The lowest BCUT2D eigenvalue weighted by Crippen LogP contribution is -2.50. The van der Waals surface area contributed by atoms with Gasteiger partial charge in [0.15, 0.2) is 6.61 Å². The molecule has 0 saturated heterocycles.